The quantitative estimate of drug-likeness (QED) is 0.601. The van der Waals surface area contributed by atoms with Gasteiger partial charge in [-0.1, -0.05) is 60.7 Å². The molecular weight excluding hydrogens is 265 g/mol. The number of alkyl halides is 3. The van der Waals surface area contributed by atoms with Crippen LogP contribution in [0.3, 0.4) is 0 Å². The van der Waals surface area contributed by atoms with Crippen LogP contribution in [0.15, 0.2) is 60.7 Å². The molecule has 2 aromatic rings. The summed E-state index contributed by atoms with van der Waals surface area (Å²) in [7, 11) is 0. The van der Waals surface area contributed by atoms with E-state index in [0.717, 1.165) is 0 Å². The summed E-state index contributed by atoms with van der Waals surface area (Å²) in [5, 5.41) is 0. The van der Waals surface area contributed by atoms with E-state index in [0.29, 0.717) is 5.56 Å². The van der Waals surface area contributed by atoms with Gasteiger partial charge in [-0.25, -0.2) is 0 Å². The largest absolute Gasteiger partial charge is 0.454 e. The molecule has 2 aromatic carbocycles. The predicted octanol–water partition coefficient (Wildman–Crippen LogP) is 4.36. The number of carbonyl (C=O) groups is 1. The third kappa shape index (κ3) is 3.35. The predicted molar refractivity (Wildman–Crippen MR) is 71.8 cm³/mol. The van der Waals surface area contributed by atoms with Gasteiger partial charge in [-0.05, 0) is 17.2 Å². The van der Waals surface area contributed by atoms with Crippen molar-refractivity contribution in [1.82, 2.24) is 0 Å². The fourth-order valence-corrected chi connectivity index (χ4v) is 1.77. The highest BCUT2D eigenvalue weighted by Crippen LogP contribution is 2.28. The number of allylic oxidation sites excluding steroid dienone is 1. The Labute approximate surface area is 114 Å². The topological polar surface area (TPSA) is 17.1 Å². The van der Waals surface area contributed by atoms with Gasteiger partial charge in [0.1, 0.15) is 0 Å². The van der Waals surface area contributed by atoms with Crippen molar-refractivity contribution in [2.24, 2.45) is 0 Å². The maximum atomic E-state index is 12.7. The third-order valence-corrected chi connectivity index (χ3v) is 2.70. The van der Waals surface area contributed by atoms with Crippen molar-refractivity contribution in [3.8, 4) is 0 Å². The SMILES string of the molecule is O=C(C(=Cc1ccccc1)c1ccccc1)C(F)(F)F. The summed E-state index contributed by atoms with van der Waals surface area (Å²) in [5.74, 6) is -1.84. The number of hydrogen-bond acceptors (Lipinski definition) is 1. The maximum Gasteiger partial charge on any atom is 0.454 e. The van der Waals surface area contributed by atoms with Crippen molar-refractivity contribution in [1.29, 1.82) is 0 Å². The Kier molecular flexibility index (Phi) is 4.03. The molecule has 0 saturated carbocycles. The third-order valence-electron chi connectivity index (χ3n) is 2.70. The Balaban J connectivity index is 2.51. The minimum absolute atomic E-state index is 0.249. The van der Waals surface area contributed by atoms with Crippen LogP contribution in [-0.2, 0) is 4.79 Å². The smallest absolute Gasteiger partial charge is 0.284 e. The molecule has 0 unspecified atom stereocenters. The summed E-state index contributed by atoms with van der Waals surface area (Å²) in [4.78, 5) is 11.6. The Morgan fingerprint density at radius 1 is 0.850 bits per heavy atom. The van der Waals surface area contributed by atoms with E-state index < -0.39 is 12.0 Å². The summed E-state index contributed by atoms with van der Waals surface area (Å²) in [6, 6.07) is 16.3. The highest BCUT2D eigenvalue weighted by molar-refractivity contribution is 6.27. The molecule has 0 fully saturated rings. The summed E-state index contributed by atoms with van der Waals surface area (Å²) < 4.78 is 38.1. The van der Waals surface area contributed by atoms with Gasteiger partial charge in [0.25, 0.3) is 5.78 Å². The van der Waals surface area contributed by atoms with Crippen molar-refractivity contribution in [2.45, 2.75) is 6.18 Å². The van der Waals surface area contributed by atoms with E-state index in [1.807, 2.05) is 0 Å². The van der Waals surface area contributed by atoms with E-state index in [-0.39, 0.29) is 11.1 Å². The average molecular weight is 276 g/mol. The first-order valence-electron chi connectivity index (χ1n) is 5.92. The molecule has 0 N–H and O–H groups in total. The fourth-order valence-electron chi connectivity index (χ4n) is 1.77. The van der Waals surface area contributed by atoms with Crippen molar-refractivity contribution in [3.05, 3.63) is 71.8 Å². The lowest BCUT2D eigenvalue weighted by Gasteiger charge is -2.10. The molecule has 1 nitrogen and oxygen atoms in total. The summed E-state index contributed by atoms with van der Waals surface area (Å²) in [6.45, 7) is 0. The molecule has 0 spiro atoms. The first kappa shape index (κ1) is 14.1. The number of carbonyl (C=O) groups excluding carboxylic acids is 1. The Morgan fingerprint density at radius 2 is 1.35 bits per heavy atom. The van der Waals surface area contributed by atoms with Gasteiger partial charge in [-0.3, -0.25) is 4.79 Å². The van der Waals surface area contributed by atoms with Gasteiger partial charge < -0.3 is 0 Å². The second-order valence-corrected chi connectivity index (χ2v) is 4.16. The Morgan fingerprint density at radius 3 is 1.85 bits per heavy atom. The van der Waals surface area contributed by atoms with Gasteiger partial charge in [0.05, 0.1) is 0 Å². The van der Waals surface area contributed by atoms with E-state index in [9.17, 15) is 18.0 Å². The molecule has 4 heteroatoms. The monoisotopic (exact) mass is 276 g/mol. The van der Waals surface area contributed by atoms with Crippen LogP contribution in [0.5, 0.6) is 0 Å². The lowest BCUT2D eigenvalue weighted by Crippen LogP contribution is -2.23. The normalized spacial score (nSPS) is 12.2. The van der Waals surface area contributed by atoms with Crippen LogP contribution in [0.25, 0.3) is 11.6 Å². The number of Topliss-reactive ketones (excluding diaryl/α,β-unsaturated/α-hetero) is 1. The van der Waals surface area contributed by atoms with E-state index in [4.69, 9.17) is 0 Å². The van der Waals surface area contributed by atoms with E-state index in [1.54, 1.807) is 48.5 Å². The number of rotatable bonds is 3. The standard InChI is InChI=1S/C16H11F3O/c17-16(18,19)15(20)14(13-9-5-2-6-10-13)11-12-7-3-1-4-8-12/h1-11H. The molecular formula is C16H11F3O. The molecule has 20 heavy (non-hydrogen) atoms. The van der Waals surface area contributed by atoms with Gasteiger partial charge in [-0.15, -0.1) is 0 Å². The minimum Gasteiger partial charge on any atom is -0.284 e. The fraction of sp³-hybridized carbons (Fsp3) is 0.0625. The van der Waals surface area contributed by atoms with E-state index in [1.165, 1.54) is 18.2 Å². The summed E-state index contributed by atoms with van der Waals surface area (Å²) >= 11 is 0. The molecule has 0 aliphatic rings. The molecule has 102 valence electrons. The van der Waals surface area contributed by atoms with Crippen molar-refractivity contribution >= 4 is 17.4 Å². The molecule has 0 aromatic heterocycles. The molecule has 0 aliphatic carbocycles. The Bertz CT molecular complexity index is 613. The lowest BCUT2D eigenvalue weighted by atomic mass is 9.98. The van der Waals surface area contributed by atoms with Crippen LogP contribution < -0.4 is 0 Å². The van der Waals surface area contributed by atoms with Gasteiger partial charge in [-0.2, -0.15) is 13.2 Å². The molecule has 0 heterocycles. The molecule has 0 bridgehead atoms. The van der Waals surface area contributed by atoms with Crippen LogP contribution in [0, 0.1) is 0 Å². The van der Waals surface area contributed by atoms with Crippen LogP contribution in [0.4, 0.5) is 13.2 Å². The van der Waals surface area contributed by atoms with Crippen LogP contribution in [0.1, 0.15) is 11.1 Å². The molecule has 0 atom stereocenters. The van der Waals surface area contributed by atoms with Crippen molar-refractivity contribution in [3.63, 3.8) is 0 Å². The van der Waals surface area contributed by atoms with Gasteiger partial charge in [0, 0.05) is 5.57 Å². The van der Waals surface area contributed by atoms with Gasteiger partial charge in [0.2, 0.25) is 0 Å². The van der Waals surface area contributed by atoms with Gasteiger partial charge in [0.15, 0.2) is 0 Å². The van der Waals surface area contributed by atoms with E-state index >= 15 is 0 Å². The number of ketones is 1. The first-order valence-corrected chi connectivity index (χ1v) is 5.92. The highest BCUT2D eigenvalue weighted by atomic mass is 19.4. The highest BCUT2D eigenvalue weighted by Gasteiger charge is 2.40. The Hall–Kier alpha value is -2.36. The summed E-state index contributed by atoms with van der Waals surface area (Å²) in [5.41, 5.74) is 0.437. The van der Waals surface area contributed by atoms with Gasteiger partial charge >= 0.3 is 6.18 Å². The summed E-state index contributed by atoms with van der Waals surface area (Å²) in [6.07, 6.45) is -3.64. The zero-order valence-corrected chi connectivity index (χ0v) is 10.4. The van der Waals surface area contributed by atoms with Crippen molar-refractivity contribution in [2.75, 3.05) is 0 Å². The second kappa shape index (κ2) is 5.74. The molecule has 0 radical (unpaired) electrons. The first-order chi connectivity index (χ1) is 9.48. The number of benzene rings is 2. The molecule has 0 saturated heterocycles. The van der Waals surface area contributed by atoms with Crippen LogP contribution in [0.2, 0.25) is 0 Å². The molecule has 0 amide bonds. The second-order valence-electron chi connectivity index (χ2n) is 4.16. The maximum absolute atomic E-state index is 12.7. The number of hydrogen-bond donors (Lipinski definition) is 0. The molecule has 0 aliphatic heterocycles. The minimum atomic E-state index is -4.89. The number of halogens is 3. The zero-order chi connectivity index (χ0) is 14.6. The zero-order valence-electron chi connectivity index (χ0n) is 10.4. The van der Waals surface area contributed by atoms with Crippen molar-refractivity contribution < 1.29 is 18.0 Å². The molecule has 2 rings (SSSR count). The van der Waals surface area contributed by atoms with Crippen LogP contribution in [-0.4, -0.2) is 12.0 Å². The lowest BCUT2D eigenvalue weighted by molar-refractivity contribution is -0.164. The van der Waals surface area contributed by atoms with E-state index in [2.05, 4.69) is 0 Å². The van der Waals surface area contributed by atoms with Crippen LogP contribution >= 0.6 is 0 Å². The average Bonchev–Trinajstić information content (AvgIpc) is 2.45.